The van der Waals surface area contributed by atoms with E-state index in [0.29, 0.717) is 0 Å². The van der Waals surface area contributed by atoms with Gasteiger partial charge >= 0.3 is 6.85 Å². The maximum atomic E-state index is 5.36. The van der Waals surface area contributed by atoms with E-state index < -0.39 is 0 Å². The fraction of sp³-hybridized carbons (Fsp3) is 0.0755. The summed E-state index contributed by atoms with van der Waals surface area (Å²) in [5, 5.41) is 8.96. The van der Waals surface area contributed by atoms with Gasteiger partial charge in [-0.25, -0.2) is 4.98 Å². The lowest BCUT2D eigenvalue weighted by atomic mass is 9.44. The third kappa shape index (κ3) is 4.47. The van der Waals surface area contributed by atoms with Crippen LogP contribution in [0.3, 0.4) is 0 Å². The van der Waals surface area contributed by atoms with E-state index in [1.165, 1.54) is 112 Å². The number of fused-ring (bicyclic) bond motifs is 15. The Hall–Kier alpha value is -6.25. The van der Waals surface area contributed by atoms with Gasteiger partial charge in [0.2, 0.25) is 0 Å². The summed E-state index contributed by atoms with van der Waals surface area (Å²) in [4.78, 5) is 8.03. The molecule has 7 heteroatoms. The van der Waals surface area contributed by atoms with Crippen molar-refractivity contribution < 1.29 is 0 Å². The van der Waals surface area contributed by atoms with E-state index in [-0.39, 0.29) is 12.3 Å². The van der Waals surface area contributed by atoms with Crippen molar-refractivity contribution in [3.8, 4) is 27.4 Å². The van der Waals surface area contributed by atoms with Gasteiger partial charge in [-0.1, -0.05) is 112 Å². The average Bonchev–Trinajstić information content (AvgIpc) is 4.04. The minimum Gasteiger partial charge on any atom is -0.376 e. The fourth-order valence-electron chi connectivity index (χ4n) is 10.4. The van der Waals surface area contributed by atoms with Crippen LogP contribution in [0.4, 0.5) is 11.4 Å². The fourth-order valence-corrected chi connectivity index (χ4v) is 13.6. The summed E-state index contributed by atoms with van der Waals surface area (Å²) in [5.74, 6) is 0. The molecule has 0 radical (unpaired) electrons. The van der Waals surface area contributed by atoms with E-state index in [4.69, 9.17) is 4.98 Å². The molecular formula is C53H34BN3S3. The van der Waals surface area contributed by atoms with Crippen LogP contribution in [0.1, 0.15) is 26.3 Å². The molecule has 2 aliphatic heterocycles. The van der Waals surface area contributed by atoms with E-state index in [1.807, 2.05) is 22.7 Å². The van der Waals surface area contributed by atoms with Crippen LogP contribution in [0.5, 0.6) is 0 Å². The Bertz CT molecular complexity index is 3830. The molecule has 0 atom stereocenters. The van der Waals surface area contributed by atoms with Crippen molar-refractivity contribution in [2.45, 2.75) is 26.2 Å². The van der Waals surface area contributed by atoms with Crippen LogP contribution >= 0.6 is 34.0 Å². The Morgan fingerprint density at radius 1 is 0.517 bits per heavy atom. The van der Waals surface area contributed by atoms with Gasteiger partial charge in [0.05, 0.1) is 21.3 Å². The molecule has 0 aliphatic carbocycles. The Labute approximate surface area is 358 Å². The zero-order chi connectivity index (χ0) is 39.6. The van der Waals surface area contributed by atoms with Gasteiger partial charge in [0.25, 0.3) is 0 Å². The number of aromatic nitrogens is 2. The summed E-state index contributed by atoms with van der Waals surface area (Å²) in [5.41, 5.74) is 15.1. The molecule has 0 saturated heterocycles. The van der Waals surface area contributed by atoms with E-state index >= 15 is 0 Å². The largest absolute Gasteiger partial charge is 0.376 e. The van der Waals surface area contributed by atoms with Crippen LogP contribution in [0.25, 0.3) is 99.8 Å². The zero-order valence-corrected chi connectivity index (χ0v) is 35.5. The van der Waals surface area contributed by atoms with Gasteiger partial charge in [-0.05, 0) is 88.1 Å². The van der Waals surface area contributed by atoms with E-state index in [2.05, 4.69) is 182 Å². The number of rotatable bonds is 2. The maximum Gasteiger partial charge on any atom is 0.333 e. The molecule has 0 amide bonds. The molecule has 12 aromatic rings. The lowest BCUT2D eigenvalue weighted by molar-refractivity contribution is 0.590. The zero-order valence-electron chi connectivity index (χ0n) is 33.1. The van der Waals surface area contributed by atoms with E-state index in [1.54, 1.807) is 11.3 Å². The molecule has 0 fully saturated rings. The summed E-state index contributed by atoms with van der Waals surface area (Å²) in [6, 6.07) is 57.5. The molecule has 0 bridgehead atoms. The minimum atomic E-state index is -0.0842. The number of hydrogen-bond donors (Lipinski definition) is 0. The van der Waals surface area contributed by atoms with Gasteiger partial charge in [-0.2, -0.15) is 0 Å². The first-order valence-corrected chi connectivity index (χ1v) is 23.1. The molecule has 282 valence electrons. The van der Waals surface area contributed by atoms with Crippen molar-refractivity contribution in [3.63, 3.8) is 0 Å². The van der Waals surface area contributed by atoms with Crippen LogP contribution in [0, 0.1) is 0 Å². The Morgan fingerprint density at radius 2 is 1.22 bits per heavy atom. The molecule has 0 N–H and O–H groups in total. The molecule has 14 rings (SSSR count). The topological polar surface area (TPSA) is 21.1 Å². The first kappa shape index (κ1) is 33.6. The van der Waals surface area contributed by atoms with Crippen LogP contribution in [-0.2, 0) is 5.41 Å². The molecule has 0 saturated carbocycles. The smallest absolute Gasteiger partial charge is 0.333 e. The SMILES string of the molecule is CC(C)(C)c1ccc(N2B3c4cc5nc(-c6ccccc6)sc5cc4-n4c5cc6sc7ccccc7c6cc5c5ccc(c3c54)-c3cc4sc5ccccc5c4cc32)cc1. The molecule has 6 heterocycles. The highest BCUT2D eigenvalue weighted by Gasteiger charge is 2.44. The van der Waals surface area contributed by atoms with E-state index in [9.17, 15) is 0 Å². The lowest BCUT2D eigenvalue weighted by Gasteiger charge is -2.42. The molecule has 60 heavy (non-hydrogen) atoms. The van der Waals surface area contributed by atoms with Gasteiger partial charge < -0.3 is 9.38 Å². The van der Waals surface area contributed by atoms with Crippen molar-refractivity contribution in [2.75, 3.05) is 4.81 Å². The third-order valence-electron chi connectivity index (χ3n) is 13.1. The van der Waals surface area contributed by atoms with Gasteiger partial charge in [-0.15, -0.1) is 34.0 Å². The van der Waals surface area contributed by atoms with Crippen LogP contribution in [0.15, 0.2) is 152 Å². The molecule has 3 nitrogen and oxygen atoms in total. The van der Waals surface area contributed by atoms with Crippen molar-refractivity contribution >= 4 is 136 Å². The minimum absolute atomic E-state index is 0.0446. The van der Waals surface area contributed by atoms with Crippen LogP contribution in [-0.4, -0.2) is 16.4 Å². The number of hydrogen-bond acceptors (Lipinski definition) is 5. The predicted molar refractivity (Wildman–Crippen MR) is 263 cm³/mol. The normalized spacial score (nSPS) is 13.5. The highest BCUT2D eigenvalue weighted by Crippen LogP contribution is 2.50. The average molecular weight is 820 g/mol. The summed E-state index contributed by atoms with van der Waals surface area (Å²) in [6.07, 6.45) is 0. The lowest BCUT2D eigenvalue weighted by Crippen LogP contribution is -2.60. The van der Waals surface area contributed by atoms with Gasteiger partial charge in [-0.3, -0.25) is 0 Å². The predicted octanol–water partition coefficient (Wildman–Crippen LogP) is 14.3. The second-order valence-electron chi connectivity index (χ2n) is 17.5. The quantitative estimate of drug-likeness (QED) is 0.162. The highest BCUT2D eigenvalue weighted by atomic mass is 32.1. The van der Waals surface area contributed by atoms with Crippen LogP contribution < -0.4 is 15.7 Å². The Balaban J connectivity index is 1.14. The number of benzene rings is 8. The second kappa shape index (κ2) is 11.7. The molecule has 8 aromatic carbocycles. The van der Waals surface area contributed by atoms with Crippen molar-refractivity contribution in [1.82, 2.24) is 9.55 Å². The van der Waals surface area contributed by atoms with E-state index in [0.717, 1.165) is 16.1 Å². The number of anilines is 2. The van der Waals surface area contributed by atoms with Gasteiger partial charge in [0.1, 0.15) is 5.01 Å². The monoisotopic (exact) mass is 819 g/mol. The molecular weight excluding hydrogens is 786 g/mol. The molecule has 0 unspecified atom stereocenters. The summed E-state index contributed by atoms with van der Waals surface area (Å²) < 4.78 is 9.12. The number of nitrogens with zero attached hydrogens (tertiary/aromatic N) is 3. The summed E-state index contributed by atoms with van der Waals surface area (Å²) >= 11 is 5.59. The van der Waals surface area contributed by atoms with Crippen molar-refractivity contribution in [1.29, 1.82) is 0 Å². The van der Waals surface area contributed by atoms with Gasteiger partial charge in [0.15, 0.2) is 0 Å². The standard InChI is InChI=1S/C53H34BN3S3/c1-53(2,3)30-17-19-31(20-18-30)57-43-24-39-33-14-8-10-16-46(33)58-47(39)25-37(43)34-21-22-35-36-23-38-32-13-7-9-15-45(32)59-48(38)27-42(36)56-44-28-49-41(26-40(44)54(57)50(34)51(35)56)55-52(60-49)29-11-5-4-6-12-29/h4-28H,1-3H3. The number of thiazole rings is 1. The molecule has 0 spiro atoms. The highest BCUT2D eigenvalue weighted by molar-refractivity contribution is 7.26. The van der Waals surface area contributed by atoms with Crippen molar-refractivity contribution in [2.24, 2.45) is 0 Å². The summed E-state index contributed by atoms with van der Waals surface area (Å²) in [6.45, 7) is 6.82. The third-order valence-corrected chi connectivity index (χ3v) is 16.5. The first-order valence-electron chi connectivity index (χ1n) is 20.6. The molecule has 4 aromatic heterocycles. The number of thiophene rings is 2. The second-order valence-corrected chi connectivity index (χ2v) is 20.7. The molecule has 2 aliphatic rings. The van der Waals surface area contributed by atoms with Crippen LogP contribution in [0.2, 0.25) is 0 Å². The first-order chi connectivity index (χ1) is 29.4. The summed E-state index contributed by atoms with van der Waals surface area (Å²) in [7, 11) is 0. The Kier molecular flexibility index (Phi) is 6.56. The van der Waals surface area contributed by atoms with Crippen molar-refractivity contribution in [3.05, 3.63) is 157 Å². The van der Waals surface area contributed by atoms with Gasteiger partial charge in [0, 0.05) is 79.3 Å². The maximum absolute atomic E-state index is 5.36. The Morgan fingerprint density at radius 3 is 1.97 bits per heavy atom.